The van der Waals surface area contributed by atoms with Gasteiger partial charge in [0.2, 0.25) is 5.91 Å². The molecular formula is C24H36N4O4. The van der Waals surface area contributed by atoms with E-state index in [-0.39, 0.29) is 30.4 Å². The number of ether oxygens (including phenoxy) is 1. The number of nitrogen functional groups attached to an aromatic ring is 1. The van der Waals surface area contributed by atoms with Crippen molar-refractivity contribution in [2.45, 2.75) is 72.8 Å². The van der Waals surface area contributed by atoms with Crippen LogP contribution < -0.4 is 26.6 Å². The van der Waals surface area contributed by atoms with Gasteiger partial charge in [-0.05, 0) is 49.9 Å². The van der Waals surface area contributed by atoms with E-state index in [1.807, 2.05) is 39.0 Å². The zero-order valence-electron chi connectivity index (χ0n) is 19.7. The molecule has 1 heterocycles. The maximum absolute atomic E-state index is 13.1. The Hall–Kier alpha value is -3.03. The fraction of sp³-hybridized carbons (Fsp3) is 0.542. The summed E-state index contributed by atoms with van der Waals surface area (Å²) in [6, 6.07) is 5.78. The summed E-state index contributed by atoms with van der Waals surface area (Å²) in [6.45, 7) is 9.02. The number of benzene rings is 1. The number of nitrogens with zero attached hydrogens (tertiary/aromatic N) is 2. The van der Waals surface area contributed by atoms with E-state index in [0.717, 1.165) is 37.7 Å². The lowest BCUT2D eigenvalue weighted by Crippen LogP contribution is -2.42. The lowest BCUT2D eigenvalue weighted by Gasteiger charge is -2.24. The van der Waals surface area contributed by atoms with Crippen molar-refractivity contribution in [2.24, 2.45) is 0 Å². The molecule has 0 saturated heterocycles. The van der Waals surface area contributed by atoms with Crippen molar-refractivity contribution < 1.29 is 9.53 Å². The maximum atomic E-state index is 13.1. The highest BCUT2D eigenvalue weighted by Gasteiger charge is 2.23. The van der Waals surface area contributed by atoms with Crippen molar-refractivity contribution in [2.75, 3.05) is 23.8 Å². The van der Waals surface area contributed by atoms with Crippen molar-refractivity contribution in [3.8, 4) is 5.75 Å². The van der Waals surface area contributed by atoms with Gasteiger partial charge < -0.3 is 15.4 Å². The predicted molar refractivity (Wildman–Crippen MR) is 129 cm³/mol. The second kappa shape index (κ2) is 12.1. The maximum Gasteiger partial charge on any atom is 0.330 e. The number of hydrogen-bond donors (Lipinski definition) is 2. The van der Waals surface area contributed by atoms with Gasteiger partial charge in [-0.3, -0.25) is 19.1 Å². The number of carbonyl (C=O) groups excluding carboxylic acids is 1. The average molecular weight is 445 g/mol. The van der Waals surface area contributed by atoms with E-state index in [1.54, 1.807) is 0 Å². The first-order valence-electron chi connectivity index (χ1n) is 11.4. The van der Waals surface area contributed by atoms with Crippen LogP contribution in [0.4, 0.5) is 11.5 Å². The third-order valence-corrected chi connectivity index (χ3v) is 5.57. The molecule has 0 aliphatic carbocycles. The molecule has 0 unspecified atom stereocenters. The van der Waals surface area contributed by atoms with Crippen molar-refractivity contribution in [3.05, 3.63) is 50.2 Å². The van der Waals surface area contributed by atoms with Crippen molar-refractivity contribution in [1.82, 2.24) is 9.55 Å². The molecule has 1 aromatic carbocycles. The number of hydrogen-bond acceptors (Lipinski definition) is 5. The molecule has 1 aromatic heterocycles. The molecule has 2 aromatic rings. The molecule has 0 radical (unpaired) electrons. The Balaban J connectivity index is 2.24. The van der Waals surface area contributed by atoms with Crippen LogP contribution in [0, 0.1) is 13.8 Å². The third kappa shape index (κ3) is 6.48. The van der Waals surface area contributed by atoms with E-state index in [1.165, 1.54) is 15.0 Å². The number of nitrogens with one attached hydrogen (secondary N) is 1. The molecule has 2 rings (SSSR count). The Morgan fingerprint density at radius 3 is 2.47 bits per heavy atom. The van der Waals surface area contributed by atoms with Crippen LogP contribution in [-0.4, -0.2) is 28.6 Å². The minimum Gasteiger partial charge on any atom is -0.493 e. The highest BCUT2D eigenvalue weighted by atomic mass is 16.5. The predicted octanol–water partition coefficient (Wildman–Crippen LogP) is 3.53. The Morgan fingerprint density at radius 1 is 1.09 bits per heavy atom. The van der Waals surface area contributed by atoms with E-state index >= 15 is 0 Å². The summed E-state index contributed by atoms with van der Waals surface area (Å²) < 4.78 is 7.10. The second-order valence-electron chi connectivity index (χ2n) is 8.10. The van der Waals surface area contributed by atoms with Crippen LogP contribution >= 0.6 is 0 Å². The van der Waals surface area contributed by atoms with Crippen molar-refractivity contribution in [3.63, 3.8) is 0 Å². The van der Waals surface area contributed by atoms with Crippen LogP contribution in [-0.2, 0) is 11.3 Å². The first-order valence-corrected chi connectivity index (χ1v) is 11.4. The normalized spacial score (nSPS) is 10.9. The lowest BCUT2D eigenvalue weighted by atomic mass is 10.1. The highest BCUT2D eigenvalue weighted by molar-refractivity contribution is 5.95. The number of aromatic nitrogens is 2. The van der Waals surface area contributed by atoms with Gasteiger partial charge in [-0.25, -0.2) is 4.79 Å². The van der Waals surface area contributed by atoms with Gasteiger partial charge in [0.1, 0.15) is 11.6 Å². The number of anilines is 2. The van der Waals surface area contributed by atoms with Gasteiger partial charge in [-0.2, -0.15) is 0 Å². The number of unbranched alkanes of at least 4 members (excludes halogenated alkanes) is 3. The molecule has 8 nitrogen and oxygen atoms in total. The summed E-state index contributed by atoms with van der Waals surface area (Å²) in [4.78, 5) is 41.8. The van der Waals surface area contributed by atoms with Gasteiger partial charge in [0.05, 0.1) is 13.0 Å². The van der Waals surface area contributed by atoms with Crippen molar-refractivity contribution in [1.29, 1.82) is 0 Å². The monoisotopic (exact) mass is 444 g/mol. The third-order valence-electron chi connectivity index (χ3n) is 5.57. The van der Waals surface area contributed by atoms with Gasteiger partial charge in [-0.15, -0.1) is 0 Å². The van der Waals surface area contributed by atoms with Crippen molar-refractivity contribution >= 4 is 17.4 Å². The highest BCUT2D eigenvalue weighted by Crippen LogP contribution is 2.20. The Labute approximate surface area is 189 Å². The Kier molecular flexibility index (Phi) is 9.56. The molecule has 0 bridgehead atoms. The Morgan fingerprint density at radius 2 is 1.81 bits per heavy atom. The number of H-pyrrole nitrogens is 1. The molecule has 0 aliphatic rings. The molecule has 0 spiro atoms. The standard InChI is InChI=1S/C24H36N4O4/c1-5-7-9-14-27(20(29)12-15-32-19-11-10-17(3)18(4)16-19)21-22(25)28(13-8-6-2)24(31)26-23(21)30/h10-11,16H,5-9,12-15,25H2,1-4H3,(H,26,30,31). The molecule has 0 atom stereocenters. The second-order valence-corrected chi connectivity index (χ2v) is 8.10. The van der Waals surface area contributed by atoms with Crippen LogP contribution in [0.1, 0.15) is 63.5 Å². The number of amides is 1. The largest absolute Gasteiger partial charge is 0.493 e. The van der Waals surface area contributed by atoms with Crippen LogP contribution in [0.15, 0.2) is 27.8 Å². The zero-order chi connectivity index (χ0) is 23.7. The number of carbonyl (C=O) groups is 1. The van der Waals surface area contributed by atoms with Crippen LogP contribution in [0.2, 0.25) is 0 Å². The van der Waals surface area contributed by atoms with E-state index in [9.17, 15) is 14.4 Å². The first-order chi connectivity index (χ1) is 15.3. The molecule has 176 valence electrons. The summed E-state index contributed by atoms with van der Waals surface area (Å²) in [5.41, 5.74) is 7.38. The van der Waals surface area contributed by atoms with Crippen LogP contribution in [0.5, 0.6) is 5.75 Å². The summed E-state index contributed by atoms with van der Waals surface area (Å²) >= 11 is 0. The van der Waals surface area contributed by atoms with Gasteiger partial charge >= 0.3 is 5.69 Å². The molecule has 3 N–H and O–H groups in total. The summed E-state index contributed by atoms with van der Waals surface area (Å²) in [7, 11) is 0. The van der Waals surface area contributed by atoms with Gasteiger partial charge in [0.25, 0.3) is 5.56 Å². The molecule has 1 amide bonds. The number of nitrogens with two attached hydrogens (primary N) is 1. The van der Waals surface area contributed by atoms with Crippen LogP contribution in [0.25, 0.3) is 0 Å². The first kappa shape index (κ1) is 25.2. The van der Waals surface area contributed by atoms with E-state index in [0.29, 0.717) is 18.8 Å². The molecular weight excluding hydrogens is 408 g/mol. The van der Waals surface area contributed by atoms with E-state index < -0.39 is 11.2 Å². The fourth-order valence-electron chi connectivity index (χ4n) is 3.45. The number of rotatable bonds is 12. The fourth-order valence-corrected chi connectivity index (χ4v) is 3.45. The topological polar surface area (TPSA) is 110 Å². The quantitative estimate of drug-likeness (QED) is 0.487. The van der Waals surface area contributed by atoms with Gasteiger partial charge in [0, 0.05) is 13.1 Å². The molecule has 32 heavy (non-hydrogen) atoms. The van der Waals surface area contributed by atoms with E-state index in [2.05, 4.69) is 11.9 Å². The molecule has 0 fully saturated rings. The zero-order valence-corrected chi connectivity index (χ0v) is 19.7. The average Bonchev–Trinajstić information content (AvgIpc) is 2.74. The molecule has 8 heteroatoms. The minimum atomic E-state index is -0.639. The smallest absolute Gasteiger partial charge is 0.330 e. The van der Waals surface area contributed by atoms with E-state index in [4.69, 9.17) is 10.5 Å². The van der Waals surface area contributed by atoms with Crippen LogP contribution in [0.3, 0.4) is 0 Å². The molecule has 0 aliphatic heterocycles. The number of aromatic amines is 1. The van der Waals surface area contributed by atoms with Gasteiger partial charge in [0.15, 0.2) is 5.69 Å². The molecule has 0 saturated carbocycles. The summed E-state index contributed by atoms with van der Waals surface area (Å²) in [5.74, 6) is 0.471. The lowest BCUT2D eigenvalue weighted by molar-refractivity contribution is -0.119. The summed E-state index contributed by atoms with van der Waals surface area (Å²) in [5, 5.41) is 0. The van der Waals surface area contributed by atoms with Gasteiger partial charge in [-0.1, -0.05) is 39.2 Å². The Bertz CT molecular complexity index is 1030. The summed E-state index contributed by atoms with van der Waals surface area (Å²) in [6.07, 6.45) is 4.31. The minimum absolute atomic E-state index is 0.0344. The number of aryl methyl sites for hydroxylation is 2. The SMILES string of the molecule is CCCCCN(C(=O)CCOc1ccc(C)c(C)c1)c1c(N)n(CCCC)c(=O)[nH]c1=O.